The number of anilines is 1. The fourth-order valence-corrected chi connectivity index (χ4v) is 2.16. The van der Waals surface area contributed by atoms with Crippen LogP contribution in [-0.4, -0.2) is 20.9 Å². The van der Waals surface area contributed by atoms with Crippen molar-refractivity contribution in [3.8, 4) is 5.75 Å². The van der Waals surface area contributed by atoms with E-state index in [0.29, 0.717) is 16.4 Å². The Morgan fingerprint density at radius 3 is 2.42 bits per heavy atom. The van der Waals surface area contributed by atoms with Crippen LogP contribution in [0.2, 0.25) is 5.02 Å². The molecule has 1 aromatic carbocycles. The van der Waals surface area contributed by atoms with Crippen LogP contribution in [0.25, 0.3) is 0 Å². The summed E-state index contributed by atoms with van der Waals surface area (Å²) in [4.78, 5) is 0. The number of rotatable bonds is 2. The molecule has 1 aromatic rings. The maximum absolute atomic E-state index is 9.74. The predicted molar refractivity (Wildman–Crippen MR) is 82.9 cm³/mol. The van der Waals surface area contributed by atoms with Gasteiger partial charge in [-0.05, 0) is 52.0 Å². The number of hydrogen-bond donors (Lipinski definition) is 4. The average Bonchev–Trinajstić information content (AvgIpc) is 2.19. The zero-order valence-corrected chi connectivity index (χ0v) is 13.0. The van der Waals surface area contributed by atoms with Crippen molar-refractivity contribution in [2.24, 2.45) is 0 Å². The first kappa shape index (κ1) is 16.0. The quantitative estimate of drug-likeness (QED) is 0.499. The summed E-state index contributed by atoms with van der Waals surface area (Å²) in [6, 6.07) is 3.17. The Balaban J connectivity index is 2.94. The van der Waals surface area contributed by atoms with Crippen LogP contribution in [0.15, 0.2) is 12.1 Å². The number of phenols is 1. The molecule has 1 unspecified atom stereocenters. The van der Waals surface area contributed by atoms with E-state index in [4.69, 9.17) is 23.8 Å². The van der Waals surface area contributed by atoms with Crippen molar-refractivity contribution in [3.63, 3.8) is 0 Å². The van der Waals surface area contributed by atoms with E-state index >= 15 is 0 Å². The lowest BCUT2D eigenvalue weighted by Crippen LogP contribution is -2.42. The SMILES string of the molecule is CC(O)c1cc(NC(=S)NC(C)(C)C)cc(Cl)c1O. The normalized spacial score (nSPS) is 12.9. The van der Waals surface area contributed by atoms with E-state index in [1.807, 2.05) is 20.8 Å². The van der Waals surface area contributed by atoms with Crippen LogP contribution < -0.4 is 10.6 Å². The summed E-state index contributed by atoms with van der Waals surface area (Å²) in [7, 11) is 0. The fourth-order valence-electron chi connectivity index (χ4n) is 1.51. The minimum absolute atomic E-state index is 0.114. The number of benzene rings is 1. The first-order valence-electron chi connectivity index (χ1n) is 5.90. The van der Waals surface area contributed by atoms with Gasteiger partial charge in [0, 0.05) is 16.8 Å². The van der Waals surface area contributed by atoms with Gasteiger partial charge in [0.05, 0.1) is 11.1 Å². The molecule has 4 nitrogen and oxygen atoms in total. The molecule has 1 atom stereocenters. The van der Waals surface area contributed by atoms with Crippen molar-refractivity contribution in [1.82, 2.24) is 5.32 Å². The minimum Gasteiger partial charge on any atom is -0.506 e. The lowest BCUT2D eigenvalue weighted by molar-refractivity contribution is 0.195. The van der Waals surface area contributed by atoms with Crippen molar-refractivity contribution >= 4 is 34.6 Å². The summed E-state index contributed by atoms with van der Waals surface area (Å²) < 4.78 is 0. The maximum atomic E-state index is 9.74. The van der Waals surface area contributed by atoms with Crippen LogP contribution in [0, 0.1) is 0 Å². The number of nitrogens with one attached hydrogen (secondary N) is 2. The monoisotopic (exact) mass is 302 g/mol. The fraction of sp³-hybridized carbons (Fsp3) is 0.462. The largest absolute Gasteiger partial charge is 0.506 e. The molecular formula is C13H19ClN2O2S. The zero-order chi connectivity index (χ0) is 14.8. The number of thiocarbonyl (C=S) groups is 1. The summed E-state index contributed by atoms with van der Waals surface area (Å²) in [6.45, 7) is 7.53. The Hall–Kier alpha value is -1.04. The molecule has 106 valence electrons. The minimum atomic E-state index is -0.816. The Kier molecular flexibility index (Phi) is 5.01. The Bertz CT molecular complexity index is 484. The molecule has 19 heavy (non-hydrogen) atoms. The van der Waals surface area contributed by atoms with E-state index in [1.165, 1.54) is 0 Å². The molecule has 0 saturated carbocycles. The van der Waals surface area contributed by atoms with E-state index in [2.05, 4.69) is 10.6 Å². The van der Waals surface area contributed by atoms with Gasteiger partial charge in [-0.2, -0.15) is 0 Å². The Morgan fingerprint density at radius 2 is 1.95 bits per heavy atom. The highest BCUT2D eigenvalue weighted by molar-refractivity contribution is 7.80. The highest BCUT2D eigenvalue weighted by Crippen LogP contribution is 2.34. The van der Waals surface area contributed by atoms with Gasteiger partial charge in [-0.3, -0.25) is 0 Å². The topological polar surface area (TPSA) is 64.5 Å². The second-order valence-corrected chi connectivity index (χ2v) is 6.22. The maximum Gasteiger partial charge on any atom is 0.171 e. The summed E-state index contributed by atoms with van der Waals surface area (Å²) >= 11 is 11.1. The van der Waals surface area contributed by atoms with Crippen LogP contribution in [-0.2, 0) is 0 Å². The van der Waals surface area contributed by atoms with Gasteiger partial charge < -0.3 is 20.8 Å². The summed E-state index contributed by atoms with van der Waals surface area (Å²) in [5.41, 5.74) is 0.812. The first-order valence-corrected chi connectivity index (χ1v) is 6.68. The number of aliphatic hydroxyl groups excluding tert-OH is 1. The molecular weight excluding hydrogens is 284 g/mol. The van der Waals surface area contributed by atoms with E-state index in [1.54, 1.807) is 19.1 Å². The van der Waals surface area contributed by atoms with Gasteiger partial charge in [-0.15, -0.1) is 0 Å². The average molecular weight is 303 g/mol. The number of aliphatic hydroxyl groups is 1. The molecule has 0 saturated heterocycles. The van der Waals surface area contributed by atoms with Gasteiger partial charge in [0.2, 0.25) is 0 Å². The molecule has 0 aliphatic carbocycles. The number of aromatic hydroxyl groups is 1. The number of phenolic OH excluding ortho intramolecular Hbond substituents is 1. The van der Waals surface area contributed by atoms with Crippen LogP contribution in [0.5, 0.6) is 5.75 Å². The van der Waals surface area contributed by atoms with Crippen LogP contribution in [0.4, 0.5) is 5.69 Å². The van der Waals surface area contributed by atoms with Crippen molar-refractivity contribution in [2.45, 2.75) is 39.3 Å². The zero-order valence-electron chi connectivity index (χ0n) is 11.4. The molecule has 0 radical (unpaired) electrons. The first-order chi connectivity index (χ1) is 8.60. The molecule has 0 bridgehead atoms. The van der Waals surface area contributed by atoms with Crippen LogP contribution in [0.1, 0.15) is 39.4 Å². The molecule has 0 aromatic heterocycles. The van der Waals surface area contributed by atoms with Gasteiger partial charge in [-0.1, -0.05) is 11.6 Å². The van der Waals surface area contributed by atoms with Crippen LogP contribution >= 0.6 is 23.8 Å². The van der Waals surface area contributed by atoms with Crippen molar-refractivity contribution in [3.05, 3.63) is 22.7 Å². The summed E-state index contributed by atoms with van der Waals surface area (Å²) in [6.07, 6.45) is -0.816. The molecule has 1 rings (SSSR count). The lowest BCUT2D eigenvalue weighted by atomic mass is 10.1. The lowest BCUT2D eigenvalue weighted by Gasteiger charge is -2.23. The van der Waals surface area contributed by atoms with Gasteiger partial charge in [0.15, 0.2) is 5.11 Å². The van der Waals surface area contributed by atoms with Gasteiger partial charge in [0.1, 0.15) is 5.75 Å². The van der Waals surface area contributed by atoms with Crippen molar-refractivity contribution < 1.29 is 10.2 Å². The van der Waals surface area contributed by atoms with Gasteiger partial charge in [0.25, 0.3) is 0 Å². The molecule has 0 spiro atoms. The third kappa shape index (κ3) is 4.86. The molecule has 0 heterocycles. The summed E-state index contributed by atoms with van der Waals surface area (Å²) in [5, 5.41) is 26.0. The van der Waals surface area contributed by atoms with Crippen molar-refractivity contribution in [1.29, 1.82) is 0 Å². The second-order valence-electron chi connectivity index (χ2n) is 5.40. The number of halogens is 1. The van der Waals surface area contributed by atoms with E-state index in [0.717, 1.165) is 0 Å². The standard InChI is InChI=1S/C13H19ClN2O2S/c1-7(17)9-5-8(6-10(14)11(9)18)15-12(19)16-13(2,3)4/h5-7,17-18H,1-4H3,(H2,15,16,19). The molecule has 4 N–H and O–H groups in total. The van der Waals surface area contributed by atoms with Crippen molar-refractivity contribution in [2.75, 3.05) is 5.32 Å². The smallest absolute Gasteiger partial charge is 0.171 e. The molecule has 6 heteroatoms. The molecule has 0 aliphatic rings. The molecule has 0 aliphatic heterocycles. The molecule has 0 fully saturated rings. The number of hydrogen-bond acceptors (Lipinski definition) is 3. The van der Waals surface area contributed by atoms with E-state index in [9.17, 15) is 10.2 Å². The Morgan fingerprint density at radius 1 is 1.37 bits per heavy atom. The third-order valence-electron chi connectivity index (χ3n) is 2.29. The van der Waals surface area contributed by atoms with E-state index in [-0.39, 0.29) is 16.3 Å². The molecule has 0 amide bonds. The Labute approximate surface area is 123 Å². The third-order valence-corrected chi connectivity index (χ3v) is 2.78. The van der Waals surface area contributed by atoms with Crippen LogP contribution in [0.3, 0.4) is 0 Å². The second kappa shape index (κ2) is 5.94. The summed E-state index contributed by atoms with van der Waals surface area (Å²) in [5.74, 6) is -0.114. The highest BCUT2D eigenvalue weighted by atomic mass is 35.5. The van der Waals surface area contributed by atoms with Gasteiger partial charge >= 0.3 is 0 Å². The highest BCUT2D eigenvalue weighted by Gasteiger charge is 2.15. The van der Waals surface area contributed by atoms with E-state index < -0.39 is 6.10 Å². The predicted octanol–water partition coefficient (Wildman–Crippen LogP) is 3.18. The van der Waals surface area contributed by atoms with Gasteiger partial charge in [-0.25, -0.2) is 0 Å².